The predicted molar refractivity (Wildman–Crippen MR) is 83.0 cm³/mol. The van der Waals surface area contributed by atoms with Crippen LogP contribution in [0.3, 0.4) is 0 Å². The summed E-state index contributed by atoms with van der Waals surface area (Å²) < 4.78 is 0. The van der Waals surface area contributed by atoms with Gasteiger partial charge in [-0.05, 0) is 50.2 Å². The van der Waals surface area contributed by atoms with Crippen LogP contribution in [0, 0.1) is 12.3 Å². The van der Waals surface area contributed by atoms with Gasteiger partial charge < -0.3 is 10.2 Å². The SMILES string of the molecule is Cc1ccsc1CN(C)C(=O)C1(C)CCCNC1.Cl. The zero-order valence-electron chi connectivity index (χ0n) is 11.9. The third kappa shape index (κ3) is 3.71. The smallest absolute Gasteiger partial charge is 0.229 e. The molecule has 0 bridgehead atoms. The van der Waals surface area contributed by atoms with E-state index in [1.165, 1.54) is 10.4 Å². The quantitative estimate of drug-likeness (QED) is 0.931. The number of rotatable bonds is 3. The Morgan fingerprint density at radius 2 is 2.32 bits per heavy atom. The van der Waals surface area contributed by atoms with Gasteiger partial charge in [0.1, 0.15) is 0 Å². The third-order valence-corrected chi connectivity index (χ3v) is 4.82. The topological polar surface area (TPSA) is 32.3 Å². The van der Waals surface area contributed by atoms with Gasteiger partial charge in [-0.15, -0.1) is 23.7 Å². The van der Waals surface area contributed by atoms with E-state index in [9.17, 15) is 4.79 Å². The first kappa shape index (κ1) is 16.5. The minimum atomic E-state index is -0.224. The molecule has 0 saturated carbocycles. The minimum Gasteiger partial charge on any atom is -0.340 e. The molecule has 1 aromatic rings. The molecular weight excluding hydrogens is 280 g/mol. The Morgan fingerprint density at radius 3 is 2.84 bits per heavy atom. The average Bonchev–Trinajstić information content (AvgIpc) is 2.75. The minimum absolute atomic E-state index is 0. The van der Waals surface area contributed by atoms with Gasteiger partial charge in [-0.2, -0.15) is 0 Å². The van der Waals surface area contributed by atoms with Gasteiger partial charge in [0.15, 0.2) is 0 Å². The van der Waals surface area contributed by atoms with E-state index in [-0.39, 0.29) is 23.7 Å². The van der Waals surface area contributed by atoms with Crippen molar-refractivity contribution in [1.82, 2.24) is 10.2 Å². The highest BCUT2D eigenvalue weighted by atomic mass is 35.5. The van der Waals surface area contributed by atoms with Gasteiger partial charge >= 0.3 is 0 Å². The van der Waals surface area contributed by atoms with Crippen molar-refractivity contribution in [3.8, 4) is 0 Å². The number of thiophene rings is 1. The monoisotopic (exact) mass is 302 g/mol. The summed E-state index contributed by atoms with van der Waals surface area (Å²) in [5.74, 6) is 0.266. The van der Waals surface area contributed by atoms with Crippen molar-refractivity contribution in [2.24, 2.45) is 5.41 Å². The van der Waals surface area contributed by atoms with Crippen molar-refractivity contribution in [2.45, 2.75) is 33.2 Å². The van der Waals surface area contributed by atoms with Crippen LogP contribution in [-0.4, -0.2) is 30.9 Å². The average molecular weight is 303 g/mol. The van der Waals surface area contributed by atoms with Gasteiger partial charge in [-0.25, -0.2) is 0 Å². The van der Waals surface area contributed by atoms with Crippen LogP contribution in [0.5, 0.6) is 0 Å². The number of nitrogens with zero attached hydrogens (tertiary/aromatic N) is 1. The van der Waals surface area contributed by atoms with Crippen LogP contribution < -0.4 is 5.32 Å². The fourth-order valence-electron chi connectivity index (χ4n) is 2.55. The molecular formula is C14H23ClN2OS. The summed E-state index contributed by atoms with van der Waals surface area (Å²) in [6, 6.07) is 2.11. The lowest BCUT2D eigenvalue weighted by Gasteiger charge is -2.36. The number of amides is 1. The molecule has 0 radical (unpaired) electrons. The number of halogens is 1. The molecule has 1 aliphatic rings. The van der Waals surface area contributed by atoms with Gasteiger partial charge in [0.25, 0.3) is 0 Å². The van der Waals surface area contributed by atoms with E-state index in [0.717, 1.165) is 32.5 Å². The molecule has 1 unspecified atom stereocenters. The number of hydrogen-bond donors (Lipinski definition) is 1. The highest BCUT2D eigenvalue weighted by Crippen LogP contribution is 2.28. The molecule has 1 saturated heterocycles. The van der Waals surface area contributed by atoms with E-state index >= 15 is 0 Å². The van der Waals surface area contributed by atoms with E-state index in [2.05, 4.69) is 30.6 Å². The van der Waals surface area contributed by atoms with Crippen LogP contribution in [0.15, 0.2) is 11.4 Å². The summed E-state index contributed by atoms with van der Waals surface area (Å²) in [6.07, 6.45) is 2.08. The maximum Gasteiger partial charge on any atom is 0.229 e. The molecule has 2 rings (SSSR count). The Bertz CT molecular complexity index is 427. The maximum absolute atomic E-state index is 12.5. The molecule has 0 aliphatic carbocycles. The second-order valence-electron chi connectivity index (χ2n) is 5.53. The van der Waals surface area contributed by atoms with Crippen molar-refractivity contribution < 1.29 is 4.79 Å². The molecule has 1 N–H and O–H groups in total. The maximum atomic E-state index is 12.5. The Labute approximate surface area is 125 Å². The largest absolute Gasteiger partial charge is 0.340 e. The van der Waals surface area contributed by atoms with Gasteiger partial charge in [0.2, 0.25) is 5.91 Å². The van der Waals surface area contributed by atoms with Gasteiger partial charge in [0, 0.05) is 18.5 Å². The van der Waals surface area contributed by atoms with Crippen LogP contribution in [0.25, 0.3) is 0 Å². The zero-order valence-corrected chi connectivity index (χ0v) is 13.5. The fraction of sp³-hybridized carbons (Fsp3) is 0.643. The number of aryl methyl sites for hydroxylation is 1. The number of nitrogens with one attached hydrogen (secondary N) is 1. The lowest BCUT2D eigenvalue weighted by Crippen LogP contribution is -2.48. The van der Waals surface area contributed by atoms with Crippen LogP contribution in [0.1, 0.15) is 30.2 Å². The summed E-state index contributed by atoms with van der Waals surface area (Å²) in [5, 5.41) is 5.43. The van der Waals surface area contributed by atoms with Crippen LogP contribution in [0.4, 0.5) is 0 Å². The first-order chi connectivity index (χ1) is 8.53. The standard InChI is InChI=1S/C14H22N2OS.ClH/c1-11-5-8-18-12(11)9-16(3)13(17)14(2)6-4-7-15-10-14;/h5,8,15H,4,6-7,9-10H2,1-3H3;1H. The summed E-state index contributed by atoms with van der Waals surface area (Å²) >= 11 is 1.73. The molecule has 1 atom stereocenters. The number of carbonyl (C=O) groups is 1. The van der Waals surface area contributed by atoms with Gasteiger partial charge in [0.05, 0.1) is 12.0 Å². The van der Waals surface area contributed by atoms with E-state index in [0.29, 0.717) is 0 Å². The van der Waals surface area contributed by atoms with E-state index < -0.39 is 0 Å². The zero-order chi connectivity index (χ0) is 13.2. The van der Waals surface area contributed by atoms with Crippen LogP contribution in [-0.2, 0) is 11.3 Å². The first-order valence-corrected chi connectivity index (χ1v) is 7.40. The molecule has 1 aliphatic heterocycles. The molecule has 0 aromatic carbocycles. The lowest BCUT2D eigenvalue weighted by molar-refractivity contribution is -0.141. The lowest BCUT2D eigenvalue weighted by atomic mass is 9.81. The Kier molecular flexibility index (Phi) is 5.83. The predicted octanol–water partition coefficient (Wildman–Crippen LogP) is 2.83. The Morgan fingerprint density at radius 1 is 1.58 bits per heavy atom. The first-order valence-electron chi connectivity index (χ1n) is 6.52. The van der Waals surface area contributed by atoms with Crippen molar-refractivity contribution in [3.63, 3.8) is 0 Å². The Hall–Kier alpha value is -0.580. The second kappa shape index (κ2) is 6.73. The molecule has 2 heterocycles. The van der Waals surface area contributed by atoms with Crippen molar-refractivity contribution >= 4 is 29.7 Å². The molecule has 1 fully saturated rings. The molecule has 1 amide bonds. The molecule has 0 spiro atoms. The van der Waals surface area contributed by atoms with Crippen molar-refractivity contribution in [2.75, 3.05) is 20.1 Å². The van der Waals surface area contributed by atoms with E-state index in [4.69, 9.17) is 0 Å². The van der Waals surface area contributed by atoms with Gasteiger partial charge in [-0.1, -0.05) is 0 Å². The number of hydrogen-bond acceptors (Lipinski definition) is 3. The third-order valence-electron chi connectivity index (χ3n) is 3.81. The molecule has 19 heavy (non-hydrogen) atoms. The molecule has 3 nitrogen and oxygen atoms in total. The van der Waals surface area contributed by atoms with E-state index in [1.807, 2.05) is 11.9 Å². The summed E-state index contributed by atoms with van der Waals surface area (Å²) in [6.45, 7) is 6.77. The normalized spacial score (nSPS) is 22.7. The second-order valence-corrected chi connectivity index (χ2v) is 6.53. The van der Waals surface area contributed by atoms with Gasteiger partial charge in [-0.3, -0.25) is 4.79 Å². The van der Waals surface area contributed by atoms with Crippen molar-refractivity contribution in [1.29, 1.82) is 0 Å². The van der Waals surface area contributed by atoms with Crippen LogP contribution >= 0.6 is 23.7 Å². The summed E-state index contributed by atoms with van der Waals surface area (Å²) in [5.41, 5.74) is 1.06. The molecule has 1 aromatic heterocycles. The summed E-state index contributed by atoms with van der Waals surface area (Å²) in [7, 11) is 1.92. The summed E-state index contributed by atoms with van der Waals surface area (Å²) in [4.78, 5) is 15.7. The Balaban J connectivity index is 0.00000180. The number of carbonyl (C=O) groups excluding carboxylic acids is 1. The highest BCUT2D eigenvalue weighted by molar-refractivity contribution is 7.10. The van der Waals surface area contributed by atoms with E-state index in [1.54, 1.807) is 11.3 Å². The molecule has 108 valence electrons. The number of piperidine rings is 1. The highest BCUT2D eigenvalue weighted by Gasteiger charge is 2.36. The van der Waals surface area contributed by atoms with Crippen LogP contribution in [0.2, 0.25) is 0 Å². The fourth-order valence-corrected chi connectivity index (χ4v) is 3.51. The molecule has 5 heteroatoms. The van der Waals surface area contributed by atoms with Crippen molar-refractivity contribution in [3.05, 3.63) is 21.9 Å².